The number of ether oxygens (including phenoxy) is 1. The molecule has 5 nitrogen and oxygen atoms in total. The van der Waals surface area contributed by atoms with Gasteiger partial charge in [-0.05, 0) is 38.8 Å². The first-order valence-corrected chi connectivity index (χ1v) is 9.29. The number of carbonyl (C=O) groups excluding carboxylic acids is 1. The van der Waals surface area contributed by atoms with Crippen LogP contribution in [0.5, 0.6) is 0 Å². The SMILES string of the molecule is COCCN1CCC(CNC(=O)c2sc(C(C)C)nc2C)CC1. The molecule has 1 aliphatic heterocycles. The lowest BCUT2D eigenvalue weighted by molar-refractivity contribution is 0.0929. The van der Waals surface area contributed by atoms with Crippen molar-refractivity contribution in [3.63, 3.8) is 0 Å². The molecule has 130 valence electrons. The van der Waals surface area contributed by atoms with E-state index in [4.69, 9.17) is 4.74 Å². The Labute approximate surface area is 143 Å². The molecule has 23 heavy (non-hydrogen) atoms. The minimum atomic E-state index is 0.0358. The van der Waals surface area contributed by atoms with Crippen LogP contribution in [-0.2, 0) is 4.74 Å². The molecule has 1 aliphatic rings. The molecule has 1 saturated heterocycles. The Bertz CT molecular complexity index is 508. The van der Waals surface area contributed by atoms with Gasteiger partial charge in [0.15, 0.2) is 0 Å². The Morgan fingerprint density at radius 2 is 2.13 bits per heavy atom. The average Bonchev–Trinajstić information content (AvgIpc) is 2.94. The van der Waals surface area contributed by atoms with Crippen LogP contribution in [0.25, 0.3) is 0 Å². The molecule has 1 aromatic heterocycles. The molecule has 0 spiro atoms. The Kier molecular flexibility index (Phi) is 6.99. The van der Waals surface area contributed by atoms with Gasteiger partial charge in [-0.25, -0.2) is 4.98 Å². The molecule has 2 heterocycles. The molecular formula is C17H29N3O2S. The van der Waals surface area contributed by atoms with E-state index in [2.05, 4.69) is 29.0 Å². The maximum absolute atomic E-state index is 12.4. The number of piperidine rings is 1. The van der Waals surface area contributed by atoms with Crippen molar-refractivity contribution in [2.75, 3.05) is 39.9 Å². The lowest BCUT2D eigenvalue weighted by atomic mass is 9.97. The van der Waals surface area contributed by atoms with Gasteiger partial charge in [0.2, 0.25) is 0 Å². The first-order valence-electron chi connectivity index (χ1n) is 8.48. The first-order chi connectivity index (χ1) is 11.0. The van der Waals surface area contributed by atoms with Gasteiger partial charge in [0.05, 0.1) is 17.3 Å². The normalized spacial score (nSPS) is 16.9. The highest BCUT2D eigenvalue weighted by atomic mass is 32.1. The second kappa shape index (κ2) is 8.76. The number of aromatic nitrogens is 1. The van der Waals surface area contributed by atoms with Crippen molar-refractivity contribution in [1.82, 2.24) is 15.2 Å². The predicted octanol–water partition coefficient (Wildman–Crippen LogP) is 2.66. The highest BCUT2D eigenvalue weighted by molar-refractivity contribution is 7.13. The molecule has 6 heteroatoms. The minimum absolute atomic E-state index is 0.0358. The Balaban J connectivity index is 1.77. The van der Waals surface area contributed by atoms with Gasteiger partial charge in [0.25, 0.3) is 5.91 Å². The molecule has 0 saturated carbocycles. The lowest BCUT2D eigenvalue weighted by Gasteiger charge is -2.31. The molecule has 1 fully saturated rings. The van der Waals surface area contributed by atoms with E-state index < -0.39 is 0 Å². The largest absolute Gasteiger partial charge is 0.383 e. The van der Waals surface area contributed by atoms with E-state index in [9.17, 15) is 4.79 Å². The van der Waals surface area contributed by atoms with Gasteiger partial charge in [-0.2, -0.15) is 0 Å². The van der Waals surface area contributed by atoms with Gasteiger partial charge in [-0.15, -0.1) is 11.3 Å². The third-order valence-electron chi connectivity index (χ3n) is 4.38. The third-order valence-corrected chi connectivity index (χ3v) is 5.84. The van der Waals surface area contributed by atoms with Crippen LogP contribution in [0, 0.1) is 12.8 Å². The molecular weight excluding hydrogens is 310 g/mol. The second-order valence-corrected chi connectivity index (χ2v) is 7.64. The van der Waals surface area contributed by atoms with Crippen molar-refractivity contribution >= 4 is 17.2 Å². The van der Waals surface area contributed by atoms with E-state index in [1.807, 2.05) is 6.92 Å². The molecule has 1 aromatic rings. The Hall–Kier alpha value is -0.980. The number of nitrogens with zero attached hydrogens (tertiary/aromatic N) is 2. The van der Waals surface area contributed by atoms with E-state index in [-0.39, 0.29) is 5.91 Å². The number of aryl methyl sites for hydroxylation is 1. The maximum Gasteiger partial charge on any atom is 0.263 e. The van der Waals surface area contributed by atoms with Gasteiger partial charge in [0, 0.05) is 26.1 Å². The summed E-state index contributed by atoms with van der Waals surface area (Å²) in [6, 6.07) is 0. The van der Waals surface area contributed by atoms with E-state index in [0.717, 1.165) is 61.2 Å². The van der Waals surface area contributed by atoms with Gasteiger partial charge < -0.3 is 15.0 Å². The summed E-state index contributed by atoms with van der Waals surface area (Å²) in [5, 5.41) is 4.15. The Morgan fingerprint density at radius 3 is 2.70 bits per heavy atom. The maximum atomic E-state index is 12.4. The van der Waals surface area contributed by atoms with E-state index in [1.165, 1.54) is 11.3 Å². The molecule has 2 rings (SSSR count). The number of methoxy groups -OCH3 is 1. The summed E-state index contributed by atoms with van der Waals surface area (Å²) in [5.74, 6) is 0.987. The van der Waals surface area contributed by atoms with Crippen LogP contribution in [0.2, 0.25) is 0 Å². The minimum Gasteiger partial charge on any atom is -0.383 e. The number of amides is 1. The van der Waals surface area contributed by atoms with Gasteiger partial charge in [-0.1, -0.05) is 13.8 Å². The molecule has 0 radical (unpaired) electrons. The fraction of sp³-hybridized carbons (Fsp3) is 0.765. The molecule has 0 aromatic carbocycles. The monoisotopic (exact) mass is 339 g/mol. The molecule has 0 bridgehead atoms. The lowest BCUT2D eigenvalue weighted by Crippen LogP contribution is -2.39. The zero-order valence-corrected chi connectivity index (χ0v) is 15.5. The van der Waals surface area contributed by atoms with Crippen LogP contribution in [-0.4, -0.2) is 55.7 Å². The second-order valence-electron chi connectivity index (χ2n) is 6.61. The summed E-state index contributed by atoms with van der Waals surface area (Å²) in [7, 11) is 1.74. The van der Waals surface area contributed by atoms with Gasteiger partial charge in [0.1, 0.15) is 4.88 Å². The number of hydrogen-bond donors (Lipinski definition) is 1. The molecule has 1 amide bonds. The number of carbonyl (C=O) groups is 1. The smallest absolute Gasteiger partial charge is 0.263 e. The van der Waals surface area contributed by atoms with Crippen LogP contribution in [0.1, 0.15) is 53.0 Å². The van der Waals surface area contributed by atoms with Crippen LogP contribution in [0.3, 0.4) is 0 Å². The zero-order chi connectivity index (χ0) is 16.8. The summed E-state index contributed by atoms with van der Waals surface area (Å²) >= 11 is 1.53. The van der Waals surface area contributed by atoms with E-state index >= 15 is 0 Å². The number of thiazole rings is 1. The number of rotatable bonds is 7. The van der Waals surface area contributed by atoms with Crippen molar-refractivity contribution in [2.45, 2.75) is 39.5 Å². The van der Waals surface area contributed by atoms with Crippen molar-refractivity contribution in [3.05, 3.63) is 15.6 Å². The summed E-state index contributed by atoms with van der Waals surface area (Å²) < 4.78 is 5.13. The Morgan fingerprint density at radius 1 is 1.43 bits per heavy atom. The van der Waals surface area contributed by atoms with E-state index in [0.29, 0.717) is 11.8 Å². The average molecular weight is 340 g/mol. The summed E-state index contributed by atoms with van der Waals surface area (Å²) in [6.07, 6.45) is 2.28. The predicted molar refractivity (Wildman–Crippen MR) is 94.3 cm³/mol. The van der Waals surface area contributed by atoms with Crippen molar-refractivity contribution in [1.29, 1.82) is 0 Å². The molecule has 0 unspecified atom stereocenters. The number of hydrogen-bond acceptors (Lipinski definition) is 5. The van der Waals surface area contributed by atoms with Crippen molar-refractivity contribution in [3.8, 4) is 0 Å². The van der Waals surface area contributed by atoms with Crippen LogP contribution in [0.4, 0.5) is 0 Å². The fourth-order valence-electron chi connectivity index (χ4n) is 2.83. The topological polar surface area (TPSA) is 54.5 Å². The zero-order valence-electron chi connectivity index (χ0n) is 14.7. The fourth-order valence-corrected chi connectivity index (χ4v) is 3.81. The standard InChI is InChI=1S/C17H29N3O2S/c1-12(2)17-19-13(3)15(23-17)16(21)18-11-14-5-7-20(8-6-14)9-10-22-4/h12,14H,5-11H2,1-4H3,(H,18,21). The third kappa shape index (κ3) is 5.26. The number of likely N-dealkylation sites (tertiary alicyclic amines) is 1. The van der Waals surface area contributed by atoms with Gasteiger partial charge in [-0.3, -0.25) is 4.79 Å². The first kappa shape index (κ1) is 18.4. The molecule has 0 atom stereocenters. The number of nitrogens with one attached hydrogen (secondary N) is 1. The highest BCUT2D eigenvalue weighted by Crippen LogP contribution is 2.24. The van der Waals surface area contributed by atoms with Crippen LogP contribution >= 0.6 is 11.3 Å². The van der Waals surface area contributed by atoms with E-state index in [1.54, 1.807) is 7.11 Å². The van der Waals surface area contributed by atoms with Crippen molar-refractivity contribution in [2.24, 2.45) is 5.92 Å². The quantitative estimate of drug-likeness (QED) is 0.830. The summed E-state index contributed by atoms with van der Waals surface area (Å²) in [6.45, 7) is 10.9. The summed E-state index contributed by atoms with van der Waals surface area (Å²) in [4.78, 5) is 20.1. The summed E-state index contributed by atoms with van der Waals surface area (Å²) in [5.41, 5.74) is 0.852. The highest BCUT2D eigenvalue weighted by Gasteiger charge is 2.21. The van der Waals surface area contributed by atoms with Crippen LogP contribution in [0.15, 0.2) is 0 Å². The van der Waals surface area contributed by atoms with Crippen molar-refractivity contribution < 1.29 is 9.53 Å². The molecule has 1 N–H and O–H groups in total. The molecule has 0 aliphatic carbocycles. The van der Waals surface area contributed by atoms with Gasteiger partial charge >= 0.3 is 0 Å². The van der Waals surface area contributed by atoms with Crippen LogP contribution < -0.4 is 5.32 Å².